The molecule has 2 aromatic heterocycles. The topological polar surface area (TPSA) is 29.1 Å². The number of thiazole rings is 2. The summed E-state index contributed by atoms with van der Waals surface area (Å²) in [5, 5.41) is 4.38. The SMILES string of the molecule is CCN1C(C)=CSC1=c1sc(=Cc2sc3ccccc3[n+]2CC)n(CC)c1=O. The summed E-state index contributed by atoms with van der Waals surface area (Å²) in [5.41, 5.74) is 2.57. The smallest absolute Gasteiger partial charge is 0.271 e. The fourth-order valence-corrected chi connectivity index (χ4v) is 7.17. The van der Waals surface area contributed by atoms with Gasteiger partial charge in [-0.3, -0.25) is 9.36 Å². The van der Waals surface area contributed by atoms with Gasteiger partial charge in [-0.25, -0.2) is 0 Å². The number of hydrogen-bond donors (Lipinski definition) is 0. The molecule has 1 aliphatic heterocycles. The first-order chi connectivity index (χ1) is 13.6. The Labute approximate surface area is 176 Å². The van der Waals surface area contributed by atoms with Gasteiger partial charge in [-0.05, 0) is 39.2 Å². The van der Waals surface area contributed by atoms with Crippen LogP contribution in [0.1, 0.15) is 32.7 Å². The largest absolute Gasteiger partial charge is 0.338 e. The molecular weight excluding hydrogens is 406 g/mol. The Kier molecular flexibility index (Phi) is 5.49. The van der Waals surface area contributed by atoms with Crippen LogP contribution in [-0.4, -0.2) is 16.0 Å². The van der Waals surface area contributed by atoms with Gasteiger partial charge >= 0.3 is 0 Å². The molecule has 4 rings (SSSR count). The van der Waals surface area contributed by atoms with Crippen LogP contribution in [0.3, 0.4) is 0 Å². The highest BCUT2D eigenvalue weighted by atomic mass is 32.2. The van der Waals surface area contributed by atoms with E-state index in [1.165, 1.54) is 20.9 Å². The van der Waals surface area contributed by atoms with Crippen LogP contribution in [-0.2, 0) is 13.1 Å². The number of benzene rings is 1. The summed E-state index contributed by atoms with van der Waals surface area (Å²) in [6, 6.07) is 8.49. The van der Waals surface area contributed by atoms with E-state index in [2.05, 4.69) is 66.0 Å². The zero-order chi connectivity index (χ0) is 19.8. The maximum atomic E-state index is 13.2. The number of thioether (sulfide) groups is 1. The van der Waals surface area contributed by atoms with Gasteiger partial charge in [0.15, 0.2) is 0 Å². The lowest BCUT2D eigenvalue weighted by Gasteiger charge is -2.17. The zero-order valence-corrected chi connectivity index (χ0v) is 19.0. The Morgan fingerprint density at radius 3 is 2.61 bits per heavy atom. The van der Waals surface area contributed by atoms with Gasteiger partial charge in [-0.2, -0.15) is 4.57 Å². The minimum atomic E-state index is 0.118. The molecule has 4 nitrogen and oxygen atoms in total. The first-order valence-corrected chi connectivity index (χ1v) is 12.1. The minimum absolute atomic E-state index is 0.118. The highest BCUT2D eigenvalue weighted by molar-refractivity contribution is 8.10. The van der Waals surface area contributed by atoms with Gasteiger partial charge in [-0.1, -0.05) is 35.2 Å². The maximum absolute atomic E-state index is 13.2. The summed E-state index contributed by atoms with van der Waals surface area (Å²) >= 11 is 5.05. The monoisotopic (exact) mass is 430 g/mol. The molecule has 3 aromatic rings. The number of nitrogens with zero attached hydrogens (tertiary/aromatic N) is 3. The minimum Gasteiger partial charge on any atom is -0.338 e. The average molecular weight is 431 g/mol. The number of aryl methyl sites for hydroxylation is 1. The molecule has 0 bridgehead atoms. The average Bonchev–Trinajstić information content (AvgIpc) is 3.34. The number of allylic oxidation sites excluding steroid dienone is 1. The van der Waals surface area contributed by atoms with Crippen molar-refractivity contribution in [2.24, 2.45) is 0 Å². The van der Waals surface area contributed by atoms with Gasteiger partial charge in [0.2, 0.25) is 5.52 Å². The molecule has 1 aromatic carbocycles. The molecule has 0 unspecified atom stereocenters. The van der Waals surface area contributed by atoms with E-state index in [1.807, 2.05) is 11.5 Å². The molecule has 0 N–H and O–H groups in total. The van der Waals surface area contributed by atoms with Crippen molar-refractivity contribution >= 4 is 55.8 Å². The highest BCUT2D eigenvalue weighted by Gasteiger charge is 2.21. The summed E-state index contributed by atoms with van der Waals surface area (Å²) in [4.78, 5) is 15.4. The summed E-state index contributed by atoms with van der Waals surface area (Å²) in [5.74, 6) is 0. The zero-order valence-electron chi connectivity index (χ0n) is 16.6. The lowest BCUT2D eigenvalue weighted by molar-refractivity contribution is -0.665. The number of aromatic nitrogens is 2. The molecule has 0 radical (unpaired) electrons. The second-order valence-corrected chi connectivity index (χ2v) is 9.49. The van der Waals surface area contributed by atoms with Gasteiger partial charge in [0, 0.05) is 24.9 Å². The van der Waals surface area contributed by atoms with Crippen LogP contribution in [0.15, 0.2) is 40.2 Å². The Bertz CT molecular complexity index is 1250. The van der Waals surface area contributed by atoms with Gasteiger partial charge in [-0.15, -0.1) is 11.3 Å². The Hall–Kier alpha value is -1.83. The molecule has 3 heterocycles. The fraction of sp³-hybridized carbons (Fsp3) is 0.333. The maximum Gasteiger partial charge on any atom is 0.271 e. The quantitative estimate of drug-likeness (QED) is 0.595. The first kappa shape index (κ1) is 19.5. The lowest BCUT2D eigenvalue weighted by atomic mass is 10.3. The van der Waals surface area contributed by atoms with Crippen molar-refractivity contribution in [2.45, 2.75) is 40.8 Å². The molecule has 28 heavy (non-hydrogen) atoms. The second kappa shape index (κ2) is 7.89. The van der Waals surface area contributed by atoms with Crippen LogP contribution in [0, 0.1) is 0 Å². The van der Waals surface area contributed by atoms with Crippen LogP contribution in [0.2, 0.25) is 0 Å². The van der Waals surface area contributed by atoms with Crippen molar-refractivity contribution in [3.05, 3.63) is 59.9 Å². The van der Waals surface area contributed by atoms with Crippen molar-refractivity contribution in [3.8, 4) is 0 Å². The van der Waals surface area contributed by atoms with E-state index < -0.39 is 0 Å². The van der Waals surface area contributed by atoms with Crippen LogP contribution in [0.5, 0.6) is 0 Å². The normalized spacial score (nSPS) is 17.1. The third-order valence-electron chi connectivity index (χ3n) is 4.95. The van der Waals surface area contributed by atoms with E-state index in [9.17, 15) is 4.79 Å². The van der Waals surface area contributed by atoms with Crippen molar-refractivity contribution in [1.82, 2.24) is 9.47 Å². The number of fused-ring (bicyclic) bond motifs is 1. The molecule has 0 aliphatic carbocycles. The lowest BCUT2D eigenvalue weighted by Crippen LogP contribution is -2.35. The Morgan fingerprint density at radius 1 is 1.11 bits per heavy atom. The predicted molar refractivity (Wildman–Crippen MR) is 122 cm³/mol. The van der Waals surface area contributed by atoms with E-state index in [4.69, 9.17) is 0 Å². The number of hydrogen-bond acceptors (Lipinski definition) is 5. The van der Waals surface area contributed by atoms with E-state index >= 15 is 0 Å². The number of para-hydroxylation sites is 1. The molecular formula is C21H24N3OS3+. The Morgan fingerprint density at radius 2 is 1.89 bits per heavy atom. The first-order valence-electron chi connectivity index (χ1n) is 9.57. The molecule has 0 atom stereocenters. The van der Waals surface area contributed by atoms with Gasteiger partial charge in [0.25, 0.3) is 10.6 Å². The van der Waals surface area contributed by atoms with Crippen molar-refractivity contribution in [1.29, 1.82) is 0 Å². The summed E-state index contributed by atoms with van der Waals surface area (Å²) in [6.45, 7) is 10.9. The highest BCUT2D eigenvalue weighted by Crippen LogP contribution is 2.33. The molecule has 1 aliphatic rings. The van der Waals surface area contributed by atoms with Crippen molar-refractivity contribution in [2.75, 3.05) is 6.54 Å². The molecule has 0 saturated carbocycles. The summed E-state index contributed by atoms with van der Waals surface area (Å²) in [6.07, 6.45) is 2.18. The van der Waals surface area contributed by atoms with Gasteiger partial charge in [0.05, 0.1) is 6.08 Å². The third kappa shape index (κ3) is 3.15. The Balaban J connectivity index is 1.97. The van der Waals surface area contributed by atoms with Crippen LogP contribution in [0.25, 0.3) is 21.3 Å². The van der Waals surface area contributed by atoms with Crippen LogP contribution < -0.4 is 19.3 Å². The van der Waals surface area contributed by atoms with E-state index in [1.54, 1.807) is 34.4 Å². The summed E-state index contributed by atoms with van der Waals surface area (Å²) in [7, 11) is 0. The standard InChI is InChI=1S/C21H24N3OS3/c1-5-22-14(4)13-26-21(22)19-20(25)24(7-3)18(28-19)12-17-23(6-2)15-10-8-9-11-16(15)27-17/h8-13H,5-7H2,1-4H3/q+1. The van der Waals surface area contributed by atoms with Gasteiger partial charge in [0.1, 0.15) is 25.5 Å². The molecule has 7 heteroatoms. The molecule has 0 spiro atoms. The fourth-order valence-electron chi connectivity index (χ4n) is 3.56. The molecule has 0 fully saturated rings. The predicted octanol–water partition coefficient (Wildman–Crippen LogP) is 3.28. The molecule has 0 amide bonds. The van der Waals surface area contributed by atoms with E-state index in [0.29, 0.717) is 6.54 Å². The van der Waals surface area contributed by atoms with E-state index in [0.717, 1.165) is 27.3 Å². The van der Waals surface area contributed by atoms with Crippen molar-refractivity contribution < 1.29 is 4.57 Å². The van der Waals surface area contributed by atoms with Gasteiger partial charge < -0.3 is 4.90 Å². The van der Waals surface area contributed by atoms with E-state index in [-0.39, 0.29) is 5.56 Å². The van der Waals surface area contributed by atoms with Crippen LogP contribution >= 0.6 is 34.4 Å². The third-order valence-corrected chi connectivity index (χ3v) is 8.42. The van der Waals surface area contributed by atoms with Crippen LogP contribution in [0.4, 0.5) is 0 Å². The number of rotatable bonds is 4. The molecule has 146 valence electrons. The summed E-state index contributed by atoms with van der Waals surface area (Å²) < 4.78 is 7.36. The second-order valence-electron chi connectivity index (χ2n) is 6.54. The molecule has 0 saturated heterocycles. The van der Waals surface area contributed by atoms with Crippen molar-refractivity contribution in [3.63, 3.8) is 0 Å².